The molecule has 0 amide bonds. The standard InChI is InChI=1S/C32H26O4S/c33-24-10-6-22(7-11-24)20-35-26-14-16-31-29(18-26)30-19-27(36-21-23-8-12-25(34)13-9-23)15-17-32(30)37(31)28-4-2-1-3-5-28/h1-19,33-34,37H,20-21H2. The number of benzene rings is 5. The van der Waals surface area contributed by atoms with Gasteiger partial charge in [-0.3, -0.25) is 0 Å². The Hall–Kier alpha value is -4.35. The van der Waals surface area contributed by atoms with Crippen LogP contribution in [0.3, 0.4) is 0 Å². The van der Waals surface area contributed by atoms with Crippen LogP contribution in [0.15, 0.2) is 130 Å². The van der Waals surface area contributed by atoms with Gasteiger partial charge < -0.3 is 19.7 Å². The van der Waals surface area contributed by atoms with Crippen LogP contribution in [0.25, 0.3) is 11.1 Å². The number of thiol groups is 1. The van der Waals surface area contributed by atoms with Crippen LogP contribution in [-0.4, -0.2) is 10.2 Å². The van der Waals surface area contributed by atoms with Crippen LogP contribution in [-0.2, 0) is 13.2 Å². The van der Waals surface area contributed by atoms with E-state index in [4.69, 9.17) is 9.47 Å². The first-order valence-electron chi connectivity index (χ1n) is 12.1. The SMILES string of the molecule is Oc1ccc(COc2ccc3c(c2)-c2cc(OCc4ccc(O)cc4)ccc2[SH]3c2ccccc2)cc1. The Morgan fingerprint density at radius 1 is 0.514 bits per heavy atom. The number of aromatic hydroxyl groups is 2. The Morgan fingerprint density at radius 2 is 0.973 bits per heavy atom. The van der Waals surface area contributed by atoms with Crippen molar-refractivity contribution in [3.05, 3.63) is 126 Å². The van der Waals surface area contributed by atoms with Crippen molar-refractivity contribution in [2.24, 2.45) is 0 Å². The molecule has 5 aromatic carbocycles. The largest absolute Gasteiger partial charge is 0.508 e. The van der Waals surface area contributed by atoms with Crippen molar-refractivity contribution in [1.82, 2.24) is 0 Å². The molecule has 0 saturated heterocycles. The molecule has 37 heavy (non-hydrogen) atoms. The molecule has 0 saturated carbocycles. The molecule has 0 unspecified atom stereocenters. The van der Waals surface area contributed by atoms with Crippen LogP contribution in [0, 0.1) is 0 Å². The van der Waals surface area contributed by atoms with Crippen molar-refractivity contribution < 1.29 is 19.7 Å². The summed E-state index contributed by atoms with van der Waals surface area (Å²) in [6.45, 7) is 0.851. The molecule has 0 aliphatic carbocycles. The van der Waals surface area contributed by atoms with E-state index in [1.165, 1.54) is 25.8 Å². The second kappa shape index (κ2) is 9.96. The molecule has 0 radical (unpaired) electrons. The van der Waals surface area contributed by atoms with Crippen LogP contribution in [0.4, 0.5) is 0 Å². The third-order valence-corrected chi connectivity index (χ3v) is 8.96. The third kappa shape index (κ3) is 4.86. The lowest BCUT2D eigenvalue weighted by atomic mass is 10.1. The number of phenols is 2. The van der Waals surface area contributed by atoms with Gasteiger partial charge in [-0.15, -0.1) is 0 Å². The maximum Gasteiger partial charge on any atom is 0.120 e. The van der Waals surface area contributed by atoms with E-state index in [0.29, 0.717) is 13.2 Å². The van der Waals surface area contributed by atoms with Crippen molar-refractivity contribution >= 4 is 10.9 Å². The molecular weight excluding hydrogens is 480 g/mol. The molecule has 0 spiro atoms. The maximum absolute atomic E-state index is 9.54. The maximum atomic E-state index is 9.54. The van der Waals surface area contributed by atoms with Gasteiger partial charge in [0.1, 0.15) is 36.2 Å². The smallest absolute Gasteiger partial charge is 0.120 e. The molecule has 4 nitrogen and oxygen atoms in total. The lowest BCUT2D eigenvalue weighted by molar-refractivity contribution is 0.305. The van der Waals surface area contributed by atoms with Gasteiger partial charge in [-0.2, -0.15) is 10.9 Å². The highest BCUT2D eigenvalue weighted by atomic mass is 32.2. The number of hydrogen-bond donors (Lipinski definition) is 3. The van der Waals surface area contributed by atoms with E-state index in [9.17, 15) is 10.2 Å². The van der Waals surface area contributed by atoms with Gasteiger partial charge in [0.25, 0.3) is 0 Å². The molecule has 2 N–H and O–H groups in total. The first-order valence-corrected chi connectivity index (χ1v) is 13.4. The number of rotatable bonds is 7. The summed E-state index contributed by atoms with van der Waals surface area (Å²) in [5.41, 5.74) is 4.33. The molecular formula is C32H26O4S. The summed E-state index contributed by atoms with van der Waals surface area (Å²) in [7, 11) is -0.677. The Labute approximate surface area is 218 Å². The zero-order chi connectivity index (χ0) is 25.2. The Balaban J connectivity index is 1.32. The number of phenolic OH excluding ortho intramolecular Hbond substituents is 2. The Kier molecular flexibility index (Phi) is 6.21. The molecule has 0 atom stereocenters. The van der Waals surface area contributed by atoms with Crippen LogP contribution >= 0.6 is 10.9 Å². The molecule has 1 heterocycles. The average molecular weight is 507 g/mol. The molecule has 6 rings (SSSR count). The summed E-state index contributed by atoms with van der Waals surface area (Å²) < 4.78 is 12.3. The molecule has 0 aromatic heterocycles. The molecule has 1 aliphatic rings. The minimum atomic E-state index is -0.677. The third-order valence-electron chi connectivity index (χ3n) is 6.41. The molecule has 5 aromatic rings. The molecule has 0 bridgehead atoms. The zero-order valence-corrected chi connectivity index (χ0v) is 20.9. The van der Waals surface area contributed by atoms with E-state index in [0.717, 1.165) is 22.6 Å². The quantitative estimate of drug-likeness (QED) is 0.194. The molecule has 5 heteroatoms. The fourth-order valence-corrected chi connectivity index (χ4v) is 7.12. The summed E-state index contributed by atoms with van der Waals surface area (Å²) in [5, 5.41) is 19.1. The monoisotopic (exact) mass is 506 g/mol. The van der Waals surface area contributed by atoms with Crippen LogP contribution < -0.4 is 9.47 Å². The van der Waals surface area contributed by atoms with Gasteiger partial charge in [0.15, 0.2) is 0 Å². The van der Waals surface area contributed by atoms with Gasteiger partial charge in [0.05, 0.1) is 0 Å². The van der Waals surface area contributed by atoms with Crippen LogP contribution in [0.5, 0.6) is 23.0 Å². The van der Waals surface area contributed by atoms with Gasteiger partial charge in [0.2, 0.25) is 0 Å². The predicted molar refractivity (Wildman–Crippen MR) is 147 cm³/mol. The first-order chi connectivity index (χ1) is 18.1. The van der Waals surface area contributed by atoms with Crippen LogP contribution in [0.1, 0.15) is 11.1 Å². The van der Waals surface area contributed by atoms with Gasteiger partial charge in [-0.1, -0.05) is 42.5 Å². The van der Waals surface area contributed by atoms with Gasteiger partial charge in [-0.05, 0) is 99.9 Å². The Bertz CT molecular complexity index is 1430. The lowest BCUT2D eigenvalue weighted by Gasteiger charge is -2.19. The van der Waals surface area contributed by atoms with E-state index in [1.54, 1.807) is 24.3 Å². The lowest BCUT2D eigenvalue weighted by Crippen LogP contribution is -1.96. The zero-order valence-electron chi connectivity index (χ0n) is 20.0. The fourth-order valence-electron chi connectivity index (χ4n) is 4.53. The van der Waals surface area contributed by atoms with Gasteiger partial charge >= 0.3 is 0 Å². The highest BCUT2D eigenvalue weighted by Gasteiger charge is 2.28. The second-order valence-electron chi connectivity index (χ2n) is 8.94. The molecule has 0 fully saturated rings. The van der Waals surface area contributed by atoms with Crippen molar-refractivity contribution in [3.63, 3.8) is 0 Å². The fraction of sp³-hybridized carbons (Fsp3) is 0.0625. The van der Waals surface area contributed by atoms with Crippen LogP contribution in [0.2, 0.25) is 0 Å². The number of hydrogen-bond acceptors (Lipinski definition) is 4. The van der Waals surface area contributed by atoms with Crippen molar-refractivity contribution in [3.8, 4) is 34.1 Å². The number of ether oxygens (including phenoxy) is 2. The minimum absolute atomic E-state index is 0.246. The van der Waals surface area contributed by atoms with Crippen molar-refractivity contribution in [2.75, 3.05) is 0 Å². The highest BCUT2D eigenvalue weighted by Crippen LogP contribution is 2.63. The molecule has 184 valence electrons. The van der Waals surface area contributed by atoms with Gasteiger partial charge in [0, 0.05) is 9.79 Å². The first kappa shape index (κ1) is 23.1. The normalized spacial score (nSPS) is 12.6. The summed E-state index contributed by atoms with van der Waals surface area (Å²) in [5.74, 6) is 2.10. The van der Waals surface area contributed by atoms with E-state index < -0.39 is 10.9 Å². The Morgan fingerprint density at radius 3 is 1.43 bits per heavy atom. The predicted octanol–water partition coefficient (Wildman–Crippen LogP) is 7.71. The van der Waals surface area contributed by atoms with E-state index >= 15 is 0 Å². The van der Waals surface area contributed by atoms with Crippen molar-refractivity contribution in [2.45, 2.75) is 27.9 Å². The van der Waals surface area contributed by atoms with E-state index in [-0.39, 0.29) is 11.5 Å². The topological polar surface area (TPSA) is 58.9 Å². The van der Waals surface area contributed by atoms with Gasteiger partial charge in [-0.25, -0.2) is 0 Å². The molecule has 1 aliphatic heterocycles. The summed E-state index contributed by atoms with van der Waals surface area (Å²) in [4.78, 5) is 3.93. The summed E-state index contributed by atoms with van der Waals surface area (Å²) in [6, 6.07) is 37.5. The minimum Gasteiger partial charge on any atom is -0.508 e. The summed E-state index contributed by atoms with van der Waals surface area (Å²) >= 11 is 0. The van der Waals surface area contributed by atoms with E-state index in [2.05, 4.69) is 54.6 Å². The van der Waals surface area contributed by atoms with Crippen molar-refractivity contribution in [1.29, 1.82) is 0 Å². The highest BCUT2D eigenvalue weighted by molar-refractivity contribution is 8.17. The average Bonchev–Trinajstić information content (AvgIpc) is 3.26. The van der Waals surface area contributed by atoms with E-state index in [1.807, 2.05) is 36.4 Å². The second-order valence-corrected chi connectivity index (χ2v) is 11.1. The summed E-state index contributed by atoms with van der Waals surface area (Å²) in [6.07, 6.45) is 0. The number of fused-ring (bicyclic) bond motifs is 3.